The quantitative estimate of drug-likeness (QED) is 0.913. The molecule has 3 rings (SSSR count). The van der Waals surface area contributed by atoms with Gasteiger partial charge in [-0.3, -0.25) is 4.79 Å². The van der Waals surface area contributed by atoms with Gasteiger partial charge < -0.3 is 15.2 Å². The number of aromatic amines is 1. The van der Waals surface area contributed by atoms with Crippen LogP contribution in [-0.2, 0) is 11.3 Å². The van der Waals surface area contributed by atoms with E-state index in [4.69, 9.17) is 11.6 Å². The highest BCUT2D eigenvalue weighted by atomic mass is 35.5. The fraction of sp³-hybridized carbons (Fsp3) is 0.400. The number of amides is 1. The van der Waals surface area contributed by atoms with Crippen molar-refractivity contribution < 1.29 is 4.79 Å². The molecule has 0 aliphatic carbocycles. The van der Waals surface area contributed by atoms with Crippen LogP contribution in [0.3, 0.4) is 0 Å². The van der Waals surface area contributed by atoms with E-state index in [9.17, 15) is 4.79 Å². The Bertz CT molecular complexity index is 637. The second-order valence-electron chi connectivity index (χ2n) is 5.35. The zero-order chi connectivity index (χ0) is 14.1. The van der Waals surface area contributed by atoms with Crippen molar-refractivity contribution >= 4 is 28.4 Å². The van der Waals surface area contributed by atoms with Crippen molar-refractivity contribution in [1.29, 1.82) is 0 Å². The standard InChI is InChI=1S/C15H18ClN3O/c1-19-9-10(6-7-14(19)20)17-8-13-15(16)11-4-2-3-5-12(11)18-13/h2-5,10,17-18H,6-9H2,1H3. The lowest BCUT2D eigenvalue weighted by atomic mass is 10.1. The molecule has 0 spiro atoms. The molecule has 5 heteroatoms. The van der Waals surface area contributed by atoms with Gasteiger partial charge in [-0.15, -0.1) is 0 Å². The van der Waals surface area contributed by atoms with Gasteiger partial charge in [0.1, 0.15) is 0 Å². The van der Waals surface area contributed by atoms with E-state index >= 15 is 0 Å². The average molecular weight is 292 g/mol. The maximum absolute atomic E-state index is 11.5. The Labute approximate surface area is 123 Å². The molecule has 1 atom stereocenters. The summed E-state index contributed by atoms with van der Waals surface area (Å²) >= 11 is 6.39. The first-order valence-corrected chi connectivity index (χ1v) is 7.25. The predicted octanol–water partition coefficient (Wildman–Crippen LogP) is 2.53. The van der Waals surface area contributed by atoms with Crippen LogP contribution in [0.25, 0.3) is 10.9 Å². The van der Waals surface area contributed by atoms with Crippen molar-refractivity contribution in [3.05, 3.63) is 35.0 Å². The Balaban J connectivity index is 1.68. The molecule has 1 amide bonds. The summed E-state index contributed by atoms with van der Waals surface area (Å²) in [5.41, 5.74) is 2.07. The maximum Gasteiger partial charge on any atom is 0.222 e. The van der Waals surface area contributed by atoms with Gasteiger partial charge in [-0.1, -0.05) is 29.8 Å². The predicted molar refractivity (Wildman–Crippen MR) is 80.8 cm³/mol. The van der Waals surface area contributed by atoms with Crippen molar-refractivity contribution in [3.8, 4) is 0 Å². The molecular formula is C15H18ClN3O. The molecule has 1 aliphatic rings. The average Bonchev–Trinajstić information content (AvgIpc) is 2.77. The molecule has 1 aliphatic heterocycles. The number of rotatable bonds is 3. The summed E-state index contributed by atoms with van der Waals surface area (Å²) < 4.78 is 0. The first kappa shape index (κ1) is 13.5. The highest BCUT2D eigenvalue weighted by Gasteiger charge is 2.22. The second kappa shape index (κ2) is 5.46. The number of halogens is 1. The molecule has 2 aromatic rings. The number of hydrogen-bond donors (Lipinski definition) is 2. The SMILES string of the molecule is CN1CC(NCc2[nH]c3ccccc3c2Cl)CCC1=O. The van der Waals surface area contributed by atoms with E-state index in [1.165, 1.54) is 0 Å². The number of benzene rings is 1. The van der Waals surface area contributed by atoms with Crippen LogP contribution in [0.15, 0.2) is 24.3 Å². The molecule has 4 nitrogen and oxygen atoms in total. The van der Waals surface area contributed by atoms with Crippen LogP contribution in [0.4, 0.5) is 0 Å². The van der Waals surface area contributed by atoms with E-state index in [-0.39, 0.29) is 5.91 Å². The van der Waals surface area contributed by atoms with Crippen LogP contribution in [0.2, 0.25) is 5.02 Å². The molecule has 1 aromatic carbocycles. The lowest BCUT2D eigenvalue weighted by molar-refractivity contribution is -0.132. The Hall–Kier alpha value is -1.52. The Kier molecular flexibility index (Phi) is 3.68. The number of hydrogen-bond acceptors (Lipinski definition) is 2. The molecular weight excluding hydrogens is 274 g/mol. The first-order chi connectivity index (χ1) is 9.65. The maximum atomic E-state index is 11.5. The normalized spacial score (nSPS) is 19.8. The van der Waals surface area contributed by atoms with Crippen molar-refractivity contribution in [1.82, 2.24) is 15.2 Å². The molecule has 1 aromatic heterocycles. The van der Waals surface area contributed by atoms with E-state index in [1.807, 2.05) is 31.3 Å². The van der Waals surface area contributed by atoms with Crippen LogP contribution in [0, 0.1) is 0 Å². The molecule has 1 saturated heterocycles. The van der Waals surface area contributed by atoms with Gasteiger partial charge in [-0.25, -0.2) is 0 Å². The van der Waals surface area contributed by atoms with E-state index < -0.39 is 0 Å². The number of H-pyrrole nitrogens is 1. The monoisotopic (exact) mass is 291 g/mol. The van der Waals surface area contributed by atoms with E-state index in [0.29, 0.717) is 19.0 Å². The van der Waals surface area contributed by atoms with Crippen LogP contribution in [0.1, 0.15) is 18.5 Å². The molecule has 2 N–H and O–H groups in total. The van der Waals surface area contributed by atoms with Crippen LogP contribution < -0.4 is 5.32 Å². The zero-order valence-corrected chi connectivity index (χ0v) is 12.2. The van der Waals surface area contributed by atoms with Crippen molar-refractivity contribution in [3.63, 3.8) is 0 Å². The van der Waals surface area contributed by atoms with Gasteiger partial charge in [0, 0.05) is 49.2 Å². The van der Waals surface area contributed by atoms with E-state index in [2.05, 4.69) is 10.3 Å². The number of carbonyl (C=O) groups excluding carboxylic acids is 1. The van der Waals surface area contributed by atoms with E-state index in [1.54, 1.807) is 4.90 Å². The number of para-hydroxylation sites is 1. The van der Waals surface area contributed by atoms with Gasteiger partial charge in [0.25, 0.3) is 0 Å². The fourth-order valence-corrected chi connectivity index (χ4v) is 2.99. The lowest BCUT2D eigenvalue weighted by Crippen LogP contribution is -2.46. The highest BCUT2D eigenvalue weighted by Crippen LogP contribution is 2.27. The minimum atomic E-state index is 0.228. The zero-order valence-electron chi connectivity index (χ0n) is 11.4. The third-order valence-electron chi connectivity index (χ3n) is 3.91. The molecule has 0 radical (unpaired) electrons. The largest absolute Gasteiger partial charge is 0.356 e. The lowest BCUT2D eigenvalue weighted by Gasteiger charge is -2.30. The number of nitrogens with zero attached hydrogens (tertiary/aromatic N) is 1. The highest BCUT2D eigenvalue weighted by molar-refractivity contribution is 6.36. The molecule has 0 bridgehead atoms. The van der Waals surface area contributed by atoms with Gasteiger partial charge in [-0.05, 0) is 12.5 Å². The summed E-state index contributed by atoms with van der Waals surface area (Å²) in [5, 5.41) is 5.32. The summed E-state index contributed by atoms with van der Waals surface area (Å²) in [5.74, 6) is 0.228. The summed E-state index contributed by atoms with van der Waals surface area (Å²) in [6.07, 6.45) is 1.51. The summed E-state index contributed by atoms with van der Waals surface area (Å²) in [7, 11) is 1.85. The molecule has 2 heterocycles. The van der Waals surface area contributed by atoms with Gasteiger partial charge in [0.2, 0.25) is 5.91 Å². The summed E-state index contributed by atoms with van der Waals surface area (Å²) in [6.45, 7) is 1.46. The number of carbonyl (C=O) groups is 1. The smallest absolute Gasteiger partial charge is 0.222 e. The topological polar surface area (TPSA) is 48.1 Å². The number of likely N-dealkylation sites (tertiary alicyclic amines) is 1. The van der Waals surface area contributed by atoms with E-state index in [0.717, 1.165) is 34.6 Å². The van der Waals surface area contributed by atoms with Crippen LogP contribution in [0.5, 0.6) is 0 Å². The van der Waals surface area contributed by atoms with Gasteiger partial charge in [-0.2, -0.15) is 0 Å². The van der Waals surface area contributed by atoms with Crippen molar-refractivity contribution in [2.45, 2.75) is 25.4 Å². The number of nitrogens with one attached hydrogen (secondary N) is 2. The third-order valence-corrected chi connectivity index (χ3v) is 4.34. The minimum Gasteiger partial charge on any atom is -0.356 e. The fourth-order valence-electron chi connectivity index (χ4n) is 2.71. The molecule has 1 unspecified atom stereocenters. The first-order valence-electron chi connectivity index (χ1n) is 6.87. The molecule has 106 valence electrons. The van der Waals surface area contributed by atoms with Crippen LogP contribution >= 0.6 is 11.6 Å². The number of piperidine rings is 1. The summed E-state index contributed by atoms with van der Waals surface area (Å²) in [4.78, 5) is 16.6. The third kappa shape index (κ3) is 2.53. The number of likely N-dealkylation sites (N-methyl/N-ethyl adjacent to an activating group) is 1. The number of aromatic nitrogens is 1. The Morgan fingerprint density at radius 2 is 2.25 bits per heavy atom. The molecule has 20 heavy (non-hydrogen) atoms. The van der Waals surface area contributed by atoms with Gasteiger partial charge in [0.05, 0.1) is 5.02 Å². The minimum absolute atomic E-state index is 0.228. The van der Waals surface area contributed by atoms with Crippen molar-refractivity contribution in [2.24, 2.45) is 0 Å². The van der Waals surface area contributed by atoms with Crippen LogP contribution in [-0.4, -0.2) is 35.4 Å². The van der Waals surface area contributed by atoms with Gasteiger partial charge in [0.15, 0.2) is 0 Å². The Morgan fingerprint density at radius 3 is 3.00 bits per heavy atom. The Morgan fingerprint density at radius 1 is 1.45 bits per heavy atom. The van der Waals surface area contributed by atoms with Crippen molar-refractivity contribution in [2.75, 3.05) is 13.6 Å². The molecule has 0 saturated carbocycles. The van der Waals surface area contributed by atoms with Gasteiger partial charge >= 0.3 is 0 Å². The second-order valence-corrected chi connectivity index (χ2v) is 5.73. The summed E-state index contributed by atoms with van der Waals surface area (Å²) in [6, 6.07) is 8.36. The number of fused-ring (bicyclic) bond motifs is 1. The molecule has 1 fully saturated rings.